The van der Waals surface area contributed by atoms with Crippen molar-refractivity contribution in [3.63, 3.8) is 0 Å². The number of hydrogen-bond donors (Lipinski definition) is 2. The molecule has 3 rings (SSSR count). The number of rotatable bonds is 4. The third-order valence-corrected chi connectivity index (χ3v) is 3.80. The van der Waals surface area contributed by atoms with Crippen LogP contribution in [0.3, 0.4) is 0 Å². The lowest BCUT2D eigenvalue weighted by atomic mass is 10.2. The van der Waals surface area contributed by atoms with Crippen molar-refractivity contribution in [2.24, 2.45) is 0 Å². The molecule has 0 bridgehead atoms. The Bertz CT molecular complexity index is 946. The van der Waals surface area contributed by atoms with Crippen LogP contribution in [0, 0.1) is 6.92 Å². The molecule has 122 valence electrons. The number of H-pyrrole nitrogens is 1. The molecule has 3 aromatic rings. The van der Waals surface area contributed by atoms with E-state index in [-0.39, 0.29) is 11.5 Å². The number of para-hydroxylation sites is 2. The Balaban J connectivity index is 1.81. The number of carbonyl (C=O) groups excluding carboxylic acids is 1. The molecule has 0 fully saturated rings. The predicted octanol–water partition coefficient (Wildman–Crippen LogP) is 3.24. The maximum atomic E-state index is 12.4. The first-order valence-electron chi connectivity index (χ1n) is 7.70. The quantitative estimate of drug-likeness (QED) is 0.774. The van der Waals surface area contributed by atoms with Crippen molar-refractivity contribution in [1.29, 1.82) is 0 Å². The first kappa shape index (κ1) is 15.8. The van der Waals surface area contributed by atoms with Crippen LogP contribution >= 0.6 is 0 Å². The van der Waals surface area contributed by atoms with Gasteiger partial charge in [-0.1, -0.05) is 30.3 Å². The summed E-state index contributed by atoms with van der Waals surface area (Å²) in [5.74, 6) is 0.220. The number of anilines is 1. The monoisotopic (exact) mass is 322 g/mol. The van der Waals surface area contributed by atoms with E-state index in [4.69, 9.17) is 4.74 Å². The van der Waals surface area contributed by atoms with Crippen LogP contribution in [0.5, 0.6) is 5.75 Å². The zero-order valence-corrected chi connectivity index (χ0v) is 13.5. The second-order valence-corrected chi connectivity index (χ2v) is 5.61. The molecular formula is C19H18N2O3. The summed E-state index contributed by atoms with van der Waals surface area (Å²) in [6.45, 7) is 3.60. The molecule has 0 spiro atoms. The second kappa shape index (κ2) is 6.58. The van der Waals surface area contributed by atoms with Gasteiger partial charge in [0, 0.05) is 17.1 Å². The van der Waals surface area contributed by atoms with E-state index in [2.05, 4.69) is 10.3 Å². The molecule has 0 saturated heterocycles. The number of aromatic amines is 1. The van der Waals surface area contributed by atoms with Crippen LogP contribution in [0.1, 0.15) is 12.5 Å². The van der Waals surface area contributed by atoms with Crippen molar-refractivity contribution >= 4 is 22.5 Å². The minimum Gasteiger partial charge on any atom is -0.479 e. The molecule has 0 aliphatic carbocycles. The number of amides is 1. The summed E-state index contributed by atoms with van der Waals surface area (Å²) in [5.41, 5.74) is 2.10. The molecule has 24 heavy (non-hydrogen) atoms. The van der Waals surface area contributed by atoms with Crippen molar-refractivity contribution in [3.05, 3.63) is 70.5 Å². The predicted molar refractivity (Wildman–Crippen MR) is 94.5 cm³/mol. The van der Waals surface area contributed by atoms with Gasteiger partial charge < -0.3 is 15.0 Å². The average molecular weight is 322 g/mol. The van der Waals surface area contributed by atoms with Gasteiger partial charge in [0.05, 0.1) is 5.52 Å². The summed E-state index contributed by atoms with van der Waals surface area (Å²) in [4.78, 5) is 26.7. The first-order chi connectivity index (χ1) is 11.5. The SMILES string of the molecule is Cc1ccccc1NC(=O)C(C)Oc1cccc2ccc(=O)[nH]c12. The van der Waals surface area contributed by atoms with Gasteiger partial charge >= 0.3 is 0 Å². The summed E-state index contributed by atoms with van der Waals surface area (Å²) >= 11 is 0. The van der Waals surface area contributed by atoms with Crippen molar-refractivity contribution in [2.45, 2.75) is 20.0 Å². The van der Waals surface area contributed by atoms with Crippen LogP contribution in [0.15, 0.2) is 59.4 Å². The molecule has 2 N–H and O–H groups in total. The zero-order chi connectivity index (χ0) is 17.1. The lowest BCUT2D eigenvalue weighted by Gasteiger charge is -2.16. The van der Waals surface area contributed by atoms with E-state index in [0.717, 1.165) is 16.6 Å². The van der Waals surface area contributed by atoms with Crippen LogP contribution in [0.2, 0.25) is 0 Å². The number of benzene rings is 2. The van der Waals surface area contributed by atoms with E-state index < -0.39 is 6.10 Å². The van der Waals surface area contributed by atoms with Gasteiger partial charge in [0.15, 0.2) is 6.10 Å². The summed E-state index contributed by atoms with van der Waals surface area (Å²) in [7, 11) is 0. The van der Waals surface area contributed by atoms with Gasteiger partial charge in [-0.05, 0) is 37.6 Å². The standard InChI is InChI=1S/C19H18N2O3/c1-12-6-3-4-8-15(12)20-19(23)13(2)24-16-9-5-7-14-10-11-17(22)21-18(14)16/h3-11,13H,1-2H3,(H,20,23)(H,21,22). The van der Waals surface area contributed by atoms with Crippen LogP contribution in [0.25, 0.3) is 10.9 Å². The fraction of sp³-hybridized carbons (Fsp3) is 0.158. The molecule has 1 unspecified atom stereocenters. The number of nitrogens with one attached hydrogen (secondary N) is 2. The number of ether oxygens (including phenoxy) is 1. The number of pyridine rings is 1. The highest BCUT2D eigenvalue weighted by atomic mass is 16.5. The number of fused-ring (bicyclic) bond motifs is 1. The van der Waals surface area contributed by atoms with E-state index >= 15 is 0 Å². The fourth-order valence-corrected chi connectivity index (χ4v) is 2.44. The molecule has 2 aromatic carbocycles. The van der Waals surface area contributed by atoms with Crippen molar-refractivity contribution < 1.29 is 9.53 Å². The molecule has 1 heterocycles. The highest BCUT2D eigenvalue weighted by molar-refractivity contribution is 5.95. The van der Waals surface area contributed by atoms with E-state index in [1.807, 2.05) is 43.3 Å². The fourth-order valence-electron chi connectivity index (χ4n) is 2.44. The summed E-state index contributed by atoms with van der Waals surface area (Å²) in [6.07, 6.45) is -0.709. The topological polar surface area (TPSA) is 71.2 Å². The molecule has 0 radical (unpaired) electrons. The Hall–Kier alpha value is -3.08. The number of carbonyl (C=O) groups is 1. The number of aryl methyl sites for hydroxylation is 1. The third-order valence-electron chi connectivity index (χ3n) is 3.80. The molecule has 1 amide bonds. The van der Waals surface area contributed by atoms with Gasteiger partial charge in [-0.25, -0.2) is 0 Å². The Morgan fingerprint density at radius 1 is 1.08 bits per heavy atom. The van der Waals surface area contributed by atoms with E-state index in [0.29, 0.717) is 11.3 Å². The van der Waals surface area contributed by atoms with Crippen LogP contribution < -0.4 is 15.6 Å². The number of hydrogen-bond acceptors (Lipinski definition) is 3. The third kappa shape index (κ3) is 3.30. The highest BCUT2D eigenvalue weighted by Crippen LogP contribution is 2.23. The van der Waals surface area contributed by atoms with Crippen LogP contribution in [-0.2, 0) is 4.79 Å². The Morgan fingerprint density at radius 2 is 1.88 bits per heavy atom. The smallest absolute Gasteiger partial charge is 0.265 e. The Labute approximate surface area is 139 Å². The van der Waals surface area contributed by atoms with E-state index in [1.165, 1.54) is 6.07 Å². The second-order valence-electron chi connectivity index (χ2n) is 5.61. The van der Waals surface area contributed by atoms with Crippen molar-refractivity contribution in [3.8, 4) is 5.75 Å². The van der Waals surface area contributed by atoms with Crippen molar-refractivity contribution in [2.75, 3.05) is 5.32 Å². The maximum absolute atomic E-state index is 12.4. The van der Waals surface area contributed by atoms with Crippen molar-refractivity contribution in [1.82, 2.24) is 4.98 Å². The van der Waals surface area contributed by atoms with Gasteiger partial charge in [0.2, 0.25) is 5.56 Å². The first-order valence-corrected chi connectivity index (χ1v) is 7.70. The largest absolute Gasteiger partial charge is 0.479 e. The minimum absolute atomic E-state index is 0.212. The zero-order valence-electron chi connectivity index (χ0n) is 13.5. The molecule has 5 nitrogen and oxygen atoms in total. The summed E-state index contributed by atoms with van der Waals surface area (Å²) in [6, 6.07) is 16.2. The molecule has 5 heteroatoms. The molecule has 1 atom stereocenters. The average Bonchev–Trinajstić information content (AvgIpc) is 2.57. The van der Waals surface area contributed by atoms with Crippen LogP contribution in [-0.4, -0.2) is 17.0 Å². The summed E-state index contributed by atoms with van der Waals surface area (Å²) < 4.78 is 5.77. The minimum atomic E-state index is -0.709. The van der Waals surface area contributed by atoms with E-state index in [9.17, 15) is 9.59 Å². The lowest BCUT2D eigenvalue weighted by Crippen LogP contribution is -2.30. The lowest BCUT2D eigenvalue weighted by molar-refractivity contribution is -0.122. The van der Waals surface area contributed by atoms with Gasteiger partial charge in [0.25, 0.3) is 5.91 Å². The van der Waals surface area contributed by atoms with Gasteiger partial charge in [-0.15, -0.1) is 0 Å². The molecule has 1 aromatic heterocycles. The van der Waals surface area contributed by atoms with Gasteiger partial charge in [-0.3, -0.25) is 9.59 Å². The normalized spacial score (nSPS) is 11.9. The molecule has 0 saturated carbocycles. The molecular weight excluding hydrogens is 304 g/mol. The molecule has 0 aliphatic heterocycles. The maximum Gasteiger partial charge on any atom is 0.265 e. The Kier molecular flexibility index (Phi) is 4.33. The summed E-state index contributed by atoms with van der Waals surface area (Å²) in [5, 5.41) is 3.70. The van der Waals surface area contributed by atoms with Gasteiger partial charge in [-0.2, -0.15) is 0 Å². The molecule has 0 aliphatic rings. The Morgan fingerprint density at radius 3 is 2.67 bits per heavy atom. The van der Waals surface area contributed by atoms with E-state index in [1.54, 1.807) is 19.1 Å². The van der Waals surface area contributed by atoms with Gasteiger partial charge in [0.1, 0.15) is 5.75 Å². The van der Waals surface area contributed by atoms with Crippen LogP contribution in [0.4, 0.5) is 5.69 Å². The highest BCUT2D eigenvalue weighted by Gasteiger charge is 2.17. The number of aromatic nitrogens is 1.